The van der Waals surface area contributed by atoms with Gasteiger partial charge in [0.2, 0.25) is 0 Å². The van der Waals surface area contributed by atoms with E-state index in [1.54, 1.807) is 0 Å². The van der Waals surface area contributed by atoms with Gasteiger partial charge < -0.3 is 9.84 Å². The van der Waals surface area contributed by atoms with E-state index in [4.69, 9.17) is 4.74 Å². The fourth-order valence-electron chi connectivity index (χ4n) is 1.55. The van der Waals surface area contributed by atoms with E-state index >= 15 is 0 Å². The normalized spacial score (nSPS) is 12.2. The van der Waals surface area contributed by atoms with Gasteiger partial charge in [-0.1, -0.05) is 0 Å². The van der Waals surface area contributed by atoms with Crippen LogP contribution in [0.25, 0.3) is 0 Å². The maximum atomic E-state index is 13.2. The van der Waals surface area contributed by atoms with Crippen LogP contribution in [0.4, 0.5) is 4.39 Å². The Morgan fingerprint density at radius 1 is 1.29 bits per heavy atom. The van der Waals surface area contributed by atoms with Crippen LogP contribution in [0.1, 0.15) is 17.2 Å². The van der Waals surface area contributed by atoms with E-state index in [-0.39, 0.29) is 0 Å². The third kappa shape index (κ3) is 2.39. The lowest BCUT2D eigenvalue weighted by molar-refractivity contribution is 0.213. The van der Waals surface area contributed by atoms with E-state index in [2.05, 4.69) is 9.97 Å². The summed E-state index contributed by atoms with van der Waals surface area (Å²) in [5.41, 5.74) is 0.832. The zero-order valence-corrected chi connectivity index (χ0v) is 9.17. The zero-order valence-electron chi connectivity index (χ0n) is 9.17. The summed E-state index contributed by atoms with van der Waals surface area (Å²) in [7, 11) is 1.46. The Morgan fingerprint density at radius 3 is 2.65 bits per heavy atom. The summed E-state index contributed by atoms with van der Waals surface area (Å²) >= 11 is 0. The predicted molar refractivity (Wildman–Crippen MR) is 59.0 cm³/mol. The van der Waals surface area contributed by atoms with E-state index in [1.165, 1.54) is 44.0 Å². The molecule has 0 saturated carbocycles. The van der Waals surface area contributed by atoms with Crippen molar-refractivity contribution in [3.63, 3.8) is 0 Å². The third-order valence-electron chi connectivity index (χ3n) is 2.38. The van der Waals surface area contributed by atoms with Crippen LogP contribution in [0, 0.1) is 5.82 Å². The summed E-state index contributed by atoms with van der Waals surface area (Å²) in [6, 6.07) is 3.98. The van der Waals surface area contributed by atoms with Gasteiger partial charge in [-0.05, 0) is 18.2 Å². The van der Waals surface area contributed by atoms with Crippen LogP contribution in [0.2, 0.25) is 0 Å². The molecule has 0 aliphatic carbocycles. The SMILES string of the molecule is COc1ccc(F)cc1C(O)c1cncnc1. The van der Waals surface area contributed by atoms with Crippen molar-refractivity contribution in [2.75, 3.05) is 7.11 Å². The number of ether oxygens (including phenoxy) is 1. The minimum Gasteiger partial charge on any atom is -0.496 e. The van der Waals surface area contributed by atoms with Crippen molar-refractivity contribution in [3.05, 3.63) is 53.9 Å². The summed E-state index contributed by atoms with van der Waals surface area (Å²) < 4.78 is 18.2. The molecule has 1 unspecified atom stereocenters. The second-order valence-electron chi connectivity index (χ2n) is 3.46. The summed E-state index contributed by atoms with van der Waals surface area (Å²) in [6.07, 6.45) is 3.30. The number of halogens is 1. The van der Waals surface area contributed by atoms with Crippen LogP contribution >= 0.6 is 0 Å². The van der Waals surface area contributed by atoms with Crippen molar-refractivity contribution in [1.82, 2.24) is 9.97 Å². The molecular weight excluding hydrogens is 223 g/mol. The number of benzene rings is 1. The van der Waals surface area contributed by atoms with Crippen LogP contribution in [-0.2, 0) is 0 Å². The lowest BCUT2D eigenvalue weighted by Crippen LogP contribution is -2.04. The highest BCUT2D eigenvalue weighted by Crippen LogP contribution is 2.29. The molecule has 1 heterocycles. The lowest BCUT2D eigenvalue weighted by atomic mass is 10.0. The number of hydrogen-bond donors (Lipinski definition) is 1. The Hall–Kier alpha value is -2.01. The van der Waals surface area contributed by atoms with Crippen LogP contribution in [0.3, 0.4) is 0 Å². The molecule has 2 aromatic rings. The standard InChI is InChI=1S/C12H11FN2O2/c1-17-11-3-2-9(13)4-10(11)12(16)8-5-14-7-15-6-8/h2-7,12,16H,1H3. The van der Waals surface area contributed by atoms with E-state index in [0.29, 0.717) is 16.9 Å². The second-order valence-corrected chi connectivity index (χ2v) is 3.46. The fourth-order valence-corrected chi connectivity index (χ4v) is 1.55. The molecule has 0 aliphatic heterocycles. The van der Waals surface area contributed by atoms with Crippen LogP contribution in [0.15, 0.2) is 36.9 Å². The molecule has 17 heavy (non-hydrogen) atoms. The molecule has 0 amide bonds. The van der Waals surface area contributed by atoms with E-state index in [0.717, 1.165) is 0 Å². The highest BCUT2D eigenvalue weighted by molar-refractivity contribution is 5.39. The van der Waals surface area contributed by atoms with Gasteiger partial charge >= 0.3 is 0 Å². The van der Waals surface area contributed by atoms with Gasteiger partial charge in [-0.2, -0.15) is 0 Å². The molecule has 0 fully saturated rings. The largest absolute Gasteiger partial charge is 0.496 e. The number of methoxy groups -OCH3 is 1. The smallest absolute Gasteiger partial charge is 0.125 e. The van der Waals surface area contributed by atoms with Gasteiger partial charge in [0.05, 0.1) is 7.11 Å². The minimum absolute atomic E-state index is 0.349. The number of nitrogens with zero attached hydrogens (tertiary/aromatic N) is 2. The number of aliphatic hydroxyl groups is 1. The highest BCUT2D eigenvalue weighted by Gasteiger charge is 2.16. The molecule has 1 atom stereocenters. The Balaban J connectivity index is 2.43. The summed E-state index contributed by atoms with van der Waals surface area (Å²) in [6.45, 7) is 0. The first-order valence-corrected chi connectivity index (χ1v) is 4.99. The molecule has 0 spiro atoms. The molecule has 5 heteroatoms. The number of aromatic nitrogens is 2. The number of hydrogen-bond acceptors (Lipinski definition) is 4. The molecule has 1 aromatic heterocycles. The van der Waals surface area contributed by atoms with Gasteiger partial charge in [0.25, 0.3) is 0 Å². The van der Waals surface area contributed by atoms with Gasteiger partial charge in [0.15, 0.2) is 0 Å². The van der Waals surface area contributed by atoms with Crippen LogP contribution in [-0.4, -0.2) is 22.2 Å². The fraction of sp³-hybridized carbons (Fsp3) is 0.167. The van der Waals surface area contributed by atoms with Crippen LogP contribution < -0.4 is 4.74 Å². The van der Waals surface area contributed by atoms with Crippen molar-refractivity contribution in [3.8, 4) is 5.75 Å². The predicted octanol–water partition coefficient (Wildman–Crippen LogP) is 1.71. The summed E-state index contributed by atoms with van der Waals surface area (Å²) in [5.74, 6) is -0.0144. The first kappa shape index (κ1) is 11.5. The quantitative estimate of drug-likeness (QED) is 0.878. The van der Waals surface area contributed by atoms with Crippen molar-refractivity contribution in [2.45, 2.75) is 6.10 Å². The van der Waals surface area contributed by atoms with Crippen LogP contribution in [0.5, 0.6) is 5.75 Å². The number of rotatable bonds is 3. The average Bonchev–Trinajstić information content (AvgIpc) is 2.39. The zero-order chi connectivity index (χ0) is 12.3. The Labute approximate surface area is 97.7 Å². The first-order chi connectivity index (χ1) is 8.22. The van der Waals surface area contributed by atoms with Gasteiger partial charge in [-0.25, -0.2) is 14.4 Å². The molecule has 0 bridgehead atoms. The third-order valence-corrected chi connectivity index (χ3v) is 2.38. The molecule has 1 N–H and O–H groups in total. The van der Waals surface area contributed by atoms with Gasteiger partial charge in [0.1, 0.15) is 24.0 Å². The van der Waals surface area contributed by atoms with Crippen molar-refractivity contribution >= 4 is 0 Å². The van der Waals surface area contributed by atoms with Gasteiger partial charge in [-0.3, -0.25) is 0 Å². The maximum absolute atomic E-state index is 13.2. The molecule has 0 saturated heterocycles. The van der Waals surface area contributed by atoms with Crippen molar-refractivity contribution in [2.24, 2.45) is 0 Å². The topological polar surface area (TPSA) is 55.2 Å². The highest BCUT2D eigenvalue weighted by atomic mass is 19.1. The Morgan fingerprint density at radius 2 is 2.00 bits per heavy atom. The van der Waals surface area contributed by atoms with Gasteiger partial charge in [-0.15, -0.1) is 0 Å². The van der Waals surface area contributed by atoms with Crippen molar-refractivity contribution in [1.29, 1.82) is 0 Å². The number of aliphatic hydroxyl groups excluding tert-OH is 1. The molecule has 1 aromatic carbocycles. The van der Waals surface area contributed by atoms with E-state index < -0.39 is 11.9 Å². The summed E-state index contributed by atoms with van der Waals surface area (Å²) in [4.78, 5) is 7.61. The van der Waals surface area contributed by atoms with Gasteiger partial charge in [0, 0.05) is 23.5 Å². The summed E-state index contributed by atoms with van der Waals surface area (Å²) in [5, 5.41) is 10.1. The van der Waals surface area contributed by atoms with Crippen molar-refractivity contribution < 1.29 is 14.2 Å². The monoisotopic (exact) mass is 234 g/mol. The minimum atomic E-state index is -1.01. The molecule has 4 nitrogen and oxygen atoms in total. The molecule has 2 rings (SSSR count). The lowest BCUT2D eigenvalue weighted by Gasteiger charge is -2.14. The average molecular weight is 234 g/mol. The molecular formula is C12H11FN2O2. The maximum Gasteiger partial charge on any atom is 0.125 e. The first-order valence-electron chi connectivity index (χ1n) is 4.99. The Bertz CT molecular complexity index is 505. The molecule has 0 aliphatic rings. The second kappa shape index (κ2) is 4.88. The Kier molecular flexibility index (Phi) is 3.30. The van der Waals surface area contributed by atoms with E-state index in [9.17, 15) is 9.50 Å². The molecule has 0 radical (unpaired) electrons. The molecule has 88 valence electrons. The van der Waals surface area contributed by atoms with E-state index in [1.807, 2.05) is 0 Å².